The summed E-state index contributed by atoms with van der Waals surface area (Å²) in [5, 5.41) is 3.49. The van der Waals surface area contributed by atoms with Crippen molar-refractivity contribution in [3.05, 3.63) is 65.9 Å². The zero-order chi connectivity index (χ0) is 17.8. The second kappa shape index (κ2) is 7.57. The molecular weight excluding hydrogens is 330 g/mol. The molecule has 3 rings (SSSR count). The number of rotatable bonds is 5. The number of benzene rings is 2. The normalized spacial score (nSPS) is 12.0. The van der Waals surface area contributed by atoms with Crippen LogP contribution in [0.4, 0.5) is 5.69 Å². The predicted molar refractivity (Wildman–Crippen MR) is 104 cm³/mol. The molecule has 0 aliphatic heterocycles. The minimum Gasteiger partial charge on any atom is -0.333 e. The van der Waals surface area contributed by atoms with Gasteiger partial charge in [-0.2, -0.15) is 0 Å². The Bertz CT molecular complexity index is 874. The smallest absolute Gasteiger partial charge is 0.237 e. The van der Waals surface area contributed by atoms with E-state index < -0.39 is 0 Å². The van der Waals surface area contributed by atoms with Crippen LogP contribution in [0.25, 0.3) is 11.3 Å². The number of aromatic nitrogens is 2. The number of aromatic amines is 1. The first kappa shape index (κ1) is 17.3. The van der Waals surface area contributed by atoms with Gasteiger partial charge in [0, 0.05) is 5.69 Å². The van der Waals surface area contributed by atoms with E-state index >= 15 is 0 Å². The molecule has 4 nitrogen and oxygen atoms in total. The third kappa shape index (κ3) is 4.31. The molecule has 0 aliphatic rings. The van der Waals surface area contributed by atoms with Crippen LogP contribution in [0, 0.1) is 13.8 Å². The highest BCUT2D eigenvalue weighted by Crippen LogP contribution is 2.25. The van der Waals surface area contributed by atoms with Crippen molar-refractivity contribution in [3.8, 4) is 11.3 Å². The quantitative estimate of drug-likeness (QED) is 0.648. The molecule has 128 valence electrons. The SMILES string of the molecule is Cc1ccc(C)c(NC(=O)[C@H](C)Sc2ncc(-c3ccccc3)[nH]2)c1. The Hall–Kier alpha value is -2.53. The standard InChI is InChI=1S/C20H21N3OS/c1-13-9-10-14(2)17(11-13)22-19(24)15(3)25-20-21-12-18(23-20)16-7-5-4-6-8-16/h4-12,15H,1-3H3,(H,21,23)(H,22,24)/t15-/m0/s1. The van der Waals surface area contributed by atoms with Crippen LogP contribution in [0.5, 0.6) is 0 Å². The lowest BCUT2D eigenvalue weighted by atomic mass is 10.1. The van der Waals surface area contributed by atoms with Crippen molar-refractivity contribution >= 4 is 23.4 Å². The molecule has 5 heteroatoms. The van der Waals surface area contributed by atoms with Gasteiger partial charge in [-0.3, -0.25) is 4.79 Å². The van der Waals surface area contributed by atoms with E-state index in [1.807, 2.05) is 69.3 Å². The van der Waals surface area contributed by atoms with Gasteiger partial charge in [0.25, 0.3) is 0 Å². The molecule has 0 bridgehead atoms. The van der Waals surface area contributed by atoms with E-state index in [2.05, 4.69) is 15.3 Å². The van der Waals surface area contributed by atoms with E-state index in [4.69, 9.17) is 0 Å². The molecule has 0 spiro atoms. The molecule has 1 aromatic heterocycles. The van der Waals surface area contributed by atoms with Crippen molar-refractivity contribution < 1.29 is 4.79 Å². The number of hydrogen-bond donors (Lipinski definition) is 2. The lowest BCUT2D eigenvalue weighted by molar-refractivity contribution is -0.115. The van der Waals surface area contributed by atoms with Crippen molar-refractivity contribution in [2.75, 3.05) is 5.32 Å². The first-order chi connectivity index (χ1) is 12.0. The zero-order valence-electron chi connectivity index (χ0n) is 14.5. The maximum atomic E-state index is 12.5. The van der Waals surface area contributed by atoms with Gasteiger partial charge in [0.2, 0.25) is 5.91 Å². The van der Waals surface area contributed by atoms with Gasteiger partial charge in [0.05, 0.1) is 17.1 Å². The fourth-order valence-electron chi connectivity index (χ4n) is 2.45. The maximum Gasteiger partial charge on any atom is 0.237 e. The minimum atomic E-state index is -0.255. The van der Waals surface area contributed by atoms with Crippen LogP contribution >= 0.6 is 11.8 Å². The summed E-state index contributed by atoms with van der Waals surface area (Å²) in [6.45, 7) is 5.89. The number of aryl methyl sites for hydroxylation is 2. The molecule has 0 radical (unpaired) electrons. The number of nitrogens with one attached hydrogen (secondary N) is 2. The van der Waals surface area contributed by atoms with Crippen LogP contribution in [0.1, 0.15) is 18.1 Å². The molecule has 1 heterocycles. The molecule has 1 atom stereocenters. The highest BCUT2D eigenvalue weighted by molar-refractivity contribution is 8.00. The van der Waals surface area contributed by atoms with Crippen molar-refractivity contribution in [2.24, 2.45) is 0 Å². The van der Waals surface area contributed by atoms with Crippen molar-refractivity contribution in [2.45, 2.75) is 31.2 Å². The van der Waals surface area contributed by atoms with Crippen LogP contribution in [0.3, 0.4) is 0 Å². The van der Waals surface area contributed by atoms with E-state index in [1.165, 1.54) is 11.8 Å². The summed E-state index contributed by atoms with van der Waals surface area (Å²) in [4.78, 5) is 20.1. The van der Waals surface area contributed by atoms with Crippen LogP contribution < -0.4 is 5.32 Å². The molecule has 0 unspecified atom stereocenters. The summed E-state index contributed by atoms with van der Waals surface area (Å²) < 4.78 is 0. The highest BCUT2D eigenvalue weighted by atomic mass is 32.2. The Labute approximate surface area is 152 Å². The number of nitrogens with zero attached hydrogens (tertiary/aromatic N) is 1. The highest BCUT2D eigenvalue weighted by Gasteiger charge is 2.17. The molecule has 1 amide bonds. The predicted octanol–water partition coefficient (Wildman–Crippen LogP) is 4.81. The zero-order valence-corrected chi connectivity index (χ0v) is 15.4. The third-order valence-electron chi connectivity index (χ3n) is 3.95. The monoisotopic (exact) mass is 351 g/mol. The van der Waals surface area contributed by atoms with E-state index in [1.54, 1.807) is 6.20 Å². The molecular formula is C20H21N3OS. The van der Waals surface area contributed by atoms with E-state index in [-0.39, 0.29) is 11.2 Å². The number of anilines is 1. The van der Waals surface area contributed by atoms with Crippen molar-refractivity contribution in [1.29, 1.82) is 0 Å². The molecule has 0 fully saturated rings. The molecule has 25 heavy (non-hydrogen) atoms. The van der Waals surface area contributed by atoms with Crippen molar-refractivity contribution in [1.82, 2.24) is 9.97 Å². The Morgan fingerprint density at radius 3 is 2.68 bits per heavy atom. The Morgan fingerprint density at radius 1 is 1.16 bits per heavy atom. The van der Waals surface area contributed by atoms with Gasteiger partial charge in [0.1, 0.15) is 0 Å². The summed E-state index contributed by atoms with van der Waals surface area (Å²) in [6, 6.07) is 16.1. The summed E-state index contributed by atoms with van der Waals surface area (Å²) in [5.74, 6) is -0.0311. The van der Waals surface area contributed by atoms with Gasteiger partial charge < -0.3 is 10.3 Å². The Morgan fingerprint density at radius 2 is 1.92 bits per heavy atom. The van der Waals surface area contributed by atoms with Gasteiger partial charge >= 0.3 is 0 Å². The fraction of sp³-hybridized carbons (Fsp3) is 0.200. The van der Waals surface area contributed by atoms with E-state index in [0.29, 0.717) is 0 Å². The van der Waals surface area contributed by atoms with Gasteiger partial charge in [-0.05, 0) is 43.5 Å². The molecule has 2 N–H and O–H groups in total. The topological polar surface area (TPSA) is 57.8 Å². The summed E-state index contributed by atoms with van der Waals surface area (Å²) in [7, 11) is 0. The third-order valence-corrected chi connectivity index (χ3v) is 4.94. The molecule has 0 saturated heterocycles. The number of thioether (sulfide) groups is 1. The minimum absolute atomic E-state index is 0.0311. The number of carbonyl (C=O) groups excluding carboxylic acids is 1. The van der Waals surface area contributed by atoms with E-state index in [9.17, 15) is 4.79 Å². The number of carbonyl (C=O) groups is 1. The fourth-order valence-corrected chi connectivity index (χ4v) is 3.24. The Kier molecular flexibility index (Phi) is 5.24. The first-order valence-electron chi connectivity index (χ1n) is 8.18. The molecule has 0 aliphatic carbocycles. The molecule has 0 saturated carbocycles. The summed E-state index contributed by atoms with van der Waals surface area (Å²) in [5.41, 5.74) is 5.07. The lowest BCUT2D eigenvalue weighted by Gasteiger charge is -2.13. The van der Waals surface area contributed by atoms with Gasteiger partial charge in [0.15, 0.2) is 5.16 Å². The van der Waals surface area contributed by atoms with Crippen LogP contribution in [-0.2, 0) is 4.79 Å². The molecule has 2 aromatic carbocycles. The van der Waals surface area contributed by atoms with Crippen LogP contribution in [0.15, 0.2) is 59.9 Å². The van der Waals surface area contributed by atoms with Crippen molar-refractivity contribution in [3.63, 3.8) is 0 Å². The van der Waals surface area contributed by atoms with Gasteiger partial charge in [-0.25, -0.2) is 4.98 Å². The maximum absolute atomic E-state index is 12.5. The number of amides is 1. The lowest BCUT2D eigenvalue weighted by Crippen LogP contribution is -2.23. The van der Waals surface area contributed by atoms with E-state index in [0.717, 1.165) is 33.2 Å². The van der Waals surface area contributed by atoms with Crippen LogP contribution in [0.2, 0.25) is 0 Å². The first-order valence-corrected chi connectivity index (χ1v) is 9.06. The Balaban J connectivity index is 1.66. The van der Waals surface area contributed by atoms with Crippen LogP contribution in [-0.4, -0.2) is 21.1 Å². The number of hydrogen-bond acceptors (Lipinski definition) is 3. The summed E-state index contributed by atoms with van der Waals surface area (Å²) in [6.07, 6.45) is 1.80. The average Bonchev–Trinajstić information content (AvgIpc) is 3.07. The average molecular weight is 351 g/mol. The molecule has 3 aromatic rings. The van der Waals surface area contributed by atoms with Gasteiger partial charge in [-0.15, -0.1) is 0 Å². The number of H-pyrrole nitrogens is 1. The largest absolute Gasteiger partial charge is 0.333 e. The second-order valence-corrected chi connectivity index (χ2v) is 7.37. The second-order valence-electron chi connectivity index (χ2n) is 6.04. The number of imidazole rings is 1. The van der Waals surface area contributed by atoms with Gasteiger partial charge in [-0.1, -0.05) is 54.2 Å². The summed E-state index contributed by atoms with van der Waals surface area (Å²) >= 11 is 1.42.